The predicted octanol–water partition coefficient (Wildman–Crippen LogP) is 4.76. The first-order chi connectivity index (χ1) is 15.3. The fraction of sp³-hybridized carbons (Fsp3) is 0.174. The molecule has 0 aliphatic carbocycles. The van der Waals surface area contributed by atoms with Crippen molar-refractivity contribution in [2.75, 3.05) is 7.11 Å². The molecule has 1 heterocycles. The molecule has 1 amide bonds. The maximum atomic E-state index is 13.4. The van der Waals surface area contributed by atoms with Crippen LogP contribution in [0.25, 0.3) is 21.8 Å². The zero-order chi connectivity index (χ0) is 22.9. The third kappa shape index (κ3) is 4.27. The van der Waals surface area contributed by atoms with Crippen molar-refractivity contribution < 1.29 is 22.7 Å². The van der Waals surface area contributed by atoms with Crippen molar-refractivity contribution in [2.24, 2.45) is 5.10 Å². The predicted molar refractivity (Wildman–Crippen MR) is 116 cm³/mol. The van der Waals surface area contributed by atoms with E-state index in [1.165, 1.54) is 12.1 Å². The lowest BCUT2D eigenvalue weighted by Crippen LogP contribution is -2.27. The number of nitrogens with one attached hydrogen (secondary N) is 1. The topological polar surface area (TPSA) is 68.5 Å². The second-order valence-corrected chi connectivity index (χ2v) is 7.17. The molecule has 0 fully saturated rings. The van der Waals surface area contributed by atoms with Gasteiger partial charge in [-0.25, -0.2) is 10.4 Å². The molecule has 32 heavy (non-hydrogen) atoms. The molecule has 0 bridgehead atoms. The molecule has 0 aliphatic heterocycles. The molecule has 0 spiro atoms. The number of benzene rings is 3. The molecular weight excluding hydrogens is 421 g/mol. The van der Waals surface area contributed by atoms with Crippen molar-refractivity contribution in [3.63, 3.8) is 0 Å². The molecule has 0 saturated carbocycles. The highest BCUT2D eigenvalue weighted by atomic mass is 19.4. The summed E-state index contributed by atoms with van der Waals surface area (Å²) in [7, 11) is 1.60. The van der Waals surface area contributed by atoms with Gasteiger partial charge in [0.2, 0.25) is 5.82 Å². The summed E-state index contributed by atoms with van der Waals surface area (Å²) in [6, 6.07) is 17.5. The third-order valence-corrected chi connectivity index (χ3v) is 5.02. The minimum absolute atomic E-state index is 0.167. The highest BCUT2D eigenvalue weighted by molar-refractivity contribution is 6.02. The molecule has 0 radical (unpaired) electrons. The summed E-state index contributed by atoms with van der Waals surface area (Å²) in [5.74, 6) is -1.07. The smallest absolute Gasteiger partial charge is 0.449 e. The Bertz CT molecular complexity index is 1340. The van der Waals surface area contributed by atoms with E-state index in [2.05, 4.69) is 15.5 Å². The molecule has 0 saturated heterocycles. The van der Waals surface area contributed by atoms with Crippen molar-refractivity contribution in [1.29, 1.82) is 0 Å². The van der Waals surface area contributed by atoms with Gasteiger partial charge in [0.25, 0.3) is 5.91 Å². The summed E-state index contributed by atoms with van der Waals surface area (Å²) in [5.41, 5.74) is 4.02. The van der Waals surface area contributed by atoms with Crippen LogP contribution in [0.15, 0.2) is 65.8 Å². The summed E-state index contributed by atoms with van der Waals surface area (Å²) in [6.07, 6.45) is -4.69. The van der Waals surface area contributed by atoms with Gasteiger partial charge in [-0.15, -0.1) is 0 Å². The number of para-hydroxylation sites is 2. The average Bonchev–Trinajstić information content (AvgIpc) is 3.15. The number of hydrogen-bond acceptors (Lipinski definition) is 4. The Hall–Kier alpha value is -3.88. The van der Waals surface area contributed by atoms with Gasteiger partial charge in [0.15, 0.2) is 0 Å². The Morgan fingerprint density at radius 1 is 1.09 bits per heavy atom. The van der Waals surface area contributed by atoms with Gasteiger partial charge < -0.3 is 9.30 Å². The Morgan fingerprint density at radius 2 is 1.81 bits per heavy atom. The van der Waals surface area contributed by atoms with E-state index < -0.39 is 24.5 Å². The number of hydrazone groups is 1. The van der Waals surface area contributed by atoms with Gasteiger partial charge in [-0.1, -0.05) is 30.3 Å². The van der Waals surface area contributed by atoms with Crippen LogP contribution < -0.4 is 10.2 Å². The standard InChI is InChI=1S/C23H19F3N4O2/c1-14(15-7-8-17-12-18(32-2)10-9-16(17)11-15)28-29-21(31)13-30-20-6-4-3-5-19(20)27-22(30)23(24,25)26/h3-12H,13H2,1-2H3,(H,29,31). The van der Waals surface area contributed by atoms with Gasteiger partial charge in [-0.05, 0) is 53.6 Å². The third-order valence-electron chi connectivity index (χ3n) is 5.02. The highest BCUT2D eigenvalue weighted by Crippen LogP contribution is 2.31. The quantitative estimate of drug-likeness (QED) is 0.360. The van der Waals surface area contributed by atoms with Crippen LogP contribution >= 0.6 is 0 Å². The monoisotopic (exact) mass is 440 g/mol. The largest absolute Gasteiger partial charge is 0.497 e. The molecule has 1 N–H and O–H groups in total. The SMILES string of the molecule is COc1ccc2cc(C(C)=NNC(=O)Cn3c(C(F)(F)F)nc4ccccc43)ccc2c1. The van der Waals surface area contributed by atoms with Crippen molar-refractivity contribution in [3.05, 3.63) is 72.1 Å². The number of ether oxygens (including phenoxy) is 1. The van der Waals surface area contributed by atoms with Crippen LogP contribution in [-0.4, -0.2) is 28.3 Å². The first-order valence-electron chi connectivity index (χ1n) is 9.70. The molecular formula is C23H19F3N4O2. The lowest BCUT2D eigenvalue weighted by molar-refractivity contribution is -0.147. The number of methoxy groups -OCH3 is 1. The molecule has 4 aromatic rings. The number of nitrogens with zero attached hydrogens (tertiary/aromatic N) is 3. The first-order valence-corrected chi connectivity index (χ1v) is 9.70. The van der Waals surface area contributed by atoms with E-state index in [0.29, 0.717) is 5.71 Å². The Kier molecular flexibility index (Phi) is 5.56. The number of carbonyl (C=O) groups is 1. The second-order valence-electron chi connectivity index (χ2n) is 7.17. The Labute approximate surface area is 181 Å². The van der Waals surface area contributed by atoms with Crippen LogP contribution in [0.1, 0.15) is 18.3 Å². The van der Waals surface area contributed by atoms with Crippen molar-refractivity contribution in [1.82, 2.24) is 15.0 Å². The van der Waals surface area contributed by atoms with Gasteiger partial charge in [0, 0.05) is 0 Å². The van der Waals surface area contributed by atoms with Crippen molar-refractivity contribution in [3.8, 4) is 5.75 Å². The molecule has 1 aromatic heterocycles. The van der Waals surface area contributed by atoms with E-state index >= 15 is 0 Å². The molecule has 0 unspecified atom stereocenters. The van der Waals surface area contributed by atoms with Crippen molar-refractivity contribution in [2.45, 2.75) is 19.6 Å². The van der Waals surface area contributed by atoms with E-state index in [0.717, 1.165) is 26.7 Å². The normalized spacial score (nSPS) is 12.3. The van der Waals surface area contributed by atoms with Gasteiger partial charge in [0.1, 0.15) is 12.3 Å². The lowest BCUT2D eigenvalue weighted by Gasteiger charge is -2.11. The number of amides is 1. The van der Waals surface area contributed by atoms with E-state index in [-0.39, 0.29) is 11.0 Å². The van der Waals surface area contributed by atoms with E-state index in [9.17, 15) is 18.0 Å². The molecule has 6 nitrogen and oxygen atoms in total. The zero-order valence-corrected chi connectivity index (χ0v) is 17.3. The maximum absolute atomic E-state index is 13.4. The van der Waals surface area contributed by atoms with Crippen molar-refractivity contribution >= 4 is 33.4 Å². The molecule has 0 atom stereocenters. The summed E-state index contributed by atoms with van der Waals surface area (Å²) in [6.45, 7) is 1.14. The second kappa shape index (κ2) is 8.33. The van der Waals surface area contributed by atoms with Gasteiger partial charge in [0.05, 0.1) is 23.9 Å². The number of carbonyl (C=O) groups excluding carboxylic acids is 1. The number of imidazole rings is 1. The number of hydrogen-bond donors (Lipinski definition) is 1. The minimum atomic E-state index is -4.69. The number of aromatic nitrogens is 2. The molecule has 0 aliphatic rings. The average molecular weight is 440 g/mol. The fourth-order valence-corrected chi connectivity index (χ4v) is 3.42. The van der Waals surface area contributed by atoms with E-state index in [4.69, 9.17) is 4.74 Å². The number of rotatable bonds is 5. The van der Waals surface area contributed by atoms with Gasteiger partial charge >= 0.3 is 6.18 Å². The molecule has 164 valence electrons. The summed E-state index contributed by atoms with van der Waals surface area (Å²) >= 11 is 0. The Morgan fingerprint density at radius 3 is 2.56 bits per heavy atom. The number of halogens is 3. The van der Waals surface area contributed by atoms with Gasteiger partial charge in [-0.2, -0.15) is 18.3 Å². The van der Waals surface area contributed by atoms with E-state index in [1.807, 2.05) is 36.4 Å². The summed E-state index contributed by atoms with van der Waals surface area (Å²) in [5, 5.41) is 6.01. The van der Waals surface area contributed by atoms with E-state index in [1.54, 1.807) is 26.2 Å². The minimum Gasteiger partial charge on any atom is -0.497 e. The Balaban J connectivity index is 1.54. The summed E-state index contributed by atoms with van der Waals surface area (Å²) < 4.78 is 46.3. The van der Waals surface area contributed by atoms with Crippen LogP contribution in [0.2, 0.25) is 0 Å². The highest BCUT2D eigenvalue weighted by Gasteiger charge is 2.38. The maximum Gasteiger partial charge on any atom is 0.449 e. The van der Waals surface area contributed by atoms with Crippen LogP contribution in [0.5, 0.6) is 5.75 Å². The summed E-state index contributed by atoms with van der Waals surface area (Å²) in [4.78, 5) is 16.0. The number of fused-ring (bicyclic) bond motifs is 2. The fourth-order valence-electron chi connectivity index (χ4n) is 3.42. The first kappa shape index (κ1) is 21.4. The van der Waals surface area contributed by atoms with Crippen LogP contribution in [-0.2, 0) is 17.5 Å². The molecule has 9 heteroatoms. The van der Waals surface area contributed by atoms with Crippen LogP contribution in [0, 0.1) is 0 Å². The van der Waals surface area contributed by atoms with Gasteiger partial charge in [-0.3, -0.25) is 4.79 Å². The number of alkyl halides is 3. The van der Waals surface area contributed by atoms with Crippen LogP contribution in [0.4, 0.5) is 13.2 Å². The molecule has 4 rings (SSSR count). The molecule has 3 aromatic carbocycles. The van der Waals surface area contributed by atoms with Crippen LogP contribution in [0.3, 0.4) is 0 Å². The zero-order valence-electron chi connectivity index (χ0n) is 17.3. The lowest BCUT2D eigenvalue weighted by atomic mass is 10.0.